The highest BCUT2D eigenvalue weighted by molar-refractivity contribution is 5.62. The topological polar surface area (TPSA) is 262 Å². The Balaban J connectivity index is 1.96. The number of ether oxygens (including phenoxy) is 4. The van der Waals surface area contributed by atoms with Gasteiger partial charge in [-0.1, -0.05) is 13.8 Å². The van der Waals surface area contributed by atoms with Gasteiger partial charge in [-0.25, -0.2) is 0 Å². The first kappa shape index (κ1) is 42.7. The predicted octanol–water partition coefficient (Wildman–Crippen LogP) is 7.03. The van der Waals surface area contributed by atoms with Crippen molar-refractivity contribution in [1.82, 2.24) is 0 Å². The average molecular weight is 803 g/mol. The Bertz CT molecular complexity index is 1940. The molecule has 18 heteroatoms. The van der Waals surface area contributed by atoms with Crippen molar-refractivity contribution in [3.63, 3.8) is 0 Å². The number of nitrogens with two attached hydrogens (primary N) is 2. The van der Waals surface area contributed by atoms with Gasteiger partial charge in [0, 0.05) is 119 Å². The minimum atomic E-state index is -0.568. The lowest BCUT2D eigenvalue weighted by atomic mass is 9.90. The van der Waals surface area contributed by atoms with E-state index in [1.807, 2.05) is 13.8 Å². The minimum Gasteiger partial charge on any atom is -0.493 e. The fourth-order valence-electron chi connectivity index (χ4n) is 6.90. The van der Waals surface area contributed by atoms with Crippen molar-refractivity contribution in [2.24, 2.45) is 11.5 Å². The minimum absolute atomic E-state index is 0.118. The van der Waals surface area contributed by atoms with Gasteiger partial charge in [-0.05, 0) is 38.8 Å². The third-order valence-electron chi connectivity index (χ3n) is 9.37. The lowest BCUT2D eigenvalue weighted by Gasteiger charge is -2.22. The third-order valence-corrected chi connectivity index (χ3v) is 9.37. The first-order valence-corrected chi connectivity index (χ1v) is 19.0. The Morgan fingerprint density at radius 2 is 0.638 bits per heavy atom. The molecule has 0 radical (unpaired) electrons. The summed E-state index contributed by atoms with van der Waals surface area (Å²) in [5.74, 6) is 1.01. The second kappa shape index (κ2) is 19.6. The second-order valence-electron chi connectivity index (χ2n) is 13.8. The molecule has 0 atom stereocenters. The molecule has 1 aliphatic rings. The highest BCUT2D eigenvalue weighted by Gasteiger charge is 2.29. The highest BCUT2D eigenvalue weighted by atomic mass is 16.6. The van der Waals surface area contributed by atoms with Crippen LogP contribution >= 0.6 is 0 Å². The molecule has 0 heterocycles. The van der Waals surface area contributed by atoms with Crippen LogP contribution < -0.4 is 30.4 Å². The maximum absolute atomic E-state index is 12.5. The number of fused-ring (bicyclic) bond motifs is 8. The molecule has 4 aromatic rings. The molecule has 0 spiro atoms. The Hall–Kier alpha value is -6.40. The summed E-state index contributed by atoms with van der Waals surface area (Å²) in [7, 11) is 0. The van der Waals surface area contributed by atoms with Gasteiger partial charge in [0.2, 0.25) is 0 Å². The molecule has 0 saturated carbocycles. The summed E-state index contributed by atoms with van der Waals surface area (Å²) in [6.45, 7) is 4.96. The van der Waals surface area contributed by atoms with E-state index in [4.69, 9.17) is 30.4 Å². The molecule has 4 aromatic carbocycles. The molecule has 1 aliphatic carbocycles. The standard InChI is InChI=1S/C40H46N6O12/c1-3-9-55-37-25-13-29-21-35(45(51)52)23-31(39(29)57-11-5-7-41)15-27-19-34(44(49)50)20-28(38(27)56-10-4-2)16-32-24-36(46(53)54)22-30(40(32)58-12-6-8-42)14-26(37)18-33(17-25)43(47)48/h17-24H,3-16,41-42H2,1-2H3. The number of hydrogen-bond acceptors (Lipinski definition) is 14. The van der Waals surface area contributed by atoms with Crippen LogP contribution in [0, 0.1) is 40.5 Å². The fraction of sp³-hybridized carbons (Fsp3) is 0.400. The lowest BCUT2D eigenvalue weighted by molar-refractivity contribution is -0.385. The van der Waals surface area contributed by atoms with E-state index in [0.717, 1.165) is 0 Å². The van der Waals surface area contributed by atoms with Gasteiger partial charge in [0.05, 0.1) is 46.1 Å². The first-order chi connectivity index (χ1) is 27.9. The Labute approximate surface area is 333 Å². The van der Waals surface area contributed by atoms with Crippen molar-refractivity contribution in [2.45, 2.75) is 65.2 Å². The average Bonchev–Trinajstić information content (AvgIpc) is 3.18. The number of nitrogens with zero attached hydrogens (tertiary/aromatic N) is 4. The maximum Gasteiger partial charge on any atom is 0.270 e. The quantitative estimate of drug-likeness (QED) is 0.0512. The fourth-order valence-corrected chi connectivity index (χ4v) is 6.90. The van der Waals surface area contributed by atoms with Gasteiger partial charge in [-0.2, -0.15) is 0 Å². The Morgan fingerprint density at radius 3 is 0.810 bits per heavy atom. The summed E-state index contributed by atoms with van der Waals surface area (Å²) in [6, 6.07) is 10.7. The summed E-state index contributed by atoms with van der Waals surface area (Å²) in [5, 5.41) is 49.9. The largest absolute Gasteiger partial charge is 0.493 e. The van der Waals surface area contributed by atoms with Crippen molar-refractivity contribution in [3.8, 4) is 23.0 Å². The number of nitro groups is 4. The monoisotopic (exact) mass is 802 g/mol. The number of non-ortho nitro benzene ring substituents is 4. The smallest absolute Gasteiger partial charge is 0.270 e. The molecule has 58 heavy (non-hydrogen) atoms. The van der Waals surface area contributed by atoms with Crippen LogP contribution in [0.5, 0.6) is 23.0 Å². The van der Waals surface area contributed by atoms with E-state index in [-0.39, 0.29) is 111 Å². The predicted molar refractivity (Wildman–Crippen MR) is 214 cm³/mol. The van der Waals surface area contributed by atoms with E-state index in [0.29, 0.717) is 70.2 Å². The SMILES string of the molecule is CCCOc1c2cc([N+](=O)[O-])cc1Cc1cc([N+](=O)[O-])cc(c1OCCCN)Cc1cc([N+](=O)[O-])cc(c1OCCC)Cc1cc([N+](=O)[O-])cc(c1OCCCN)C2. The van der Waals surface area contributed by atoms with E-state index in [1.165, 1.54) is 48.5 Å². The van der Waals surface area contributed by atoms with Crippen molar-refractivity contribution in [3.05, 3.63) is 133 Å². The van der Waals surface area contributed by atoms with E-state index >= 15 is 0 Å². The molecule has 4 N–H and O–H groups in total. The summed E-state index contributed by atoms with van der Waals surface area (Å²) in [5.41, 5.74) is 12.8. The first-order valence-electron chi connectivity index (χ1n) is 19.0. The zero-order valence-electron chi connectivity index (χ0n) is 32.4. The van der Waals surface area contributed by atoms with Gasteiger partial charge < -0.3 is 30.4 Å². The van der Waals surface area contributed by atoms with E-state index in [2.05, 4.69) is 0 Å². The summed E-state index contributed by atoms with van der Waals surface area (Å²) in [4.78, 5) is 47.7. The van der Waals surface area contributed by atoms with Crippen LogP contribution in [0.4, 0.5) is 22.7 Å². The molecule has 0 aromatic heterocycles. The molecule has 5 rings (SSSR count). The molecule has 0 amide bonds. The van der Waals surface area contributed by atoms with Crippen LogP contribution in [0.25, 0.3) is 0 Å². The van der Waals surface area contributed by atoms with Crippen molar-refractivity contribution < 1.29 is 38.6 Å². The number of hydrogen-bond donors (Lipinski definition) is 2. The van der Waals surface area contributed by atoms with Gasteiger partial charge in [0.25, 0.3) is 22.7 Å². The van der Waals surface area contributed by atoms with Gasteiger partial charge in [-0.3, -0.25) is 40.5 Å². The van der Waals surface area contributed by atoms with Crippen molar-refractivity contribution in [2.75, 3.05) is 39.5 Å². The van der Waals surface area contributed by atoms with Gasteiger partial charge in [0.15, 0.2) is 0 Å². The van der Waals surface area contributed by atoms with E-state index in [1.54, 1.807) is 0 Å². The number of rotatable bonds is 18. The zero-order chi connectivity index (χ0) is 41.9. The van der Waals surface area contributed by atoms with Crippen LogP contribution in [0.3, 0.4) is 0 Å². The Kier molecular flexibility index (Phi) is 14.5. The molecule has 0 unspecified atom stereocenters. The van der Waals surface area contributed by atoms with Crippen LogP contribution in [0.1, 0.15) is 84.0 Å². The summed E-state index contributed by atoms with van der Waals surface area (Å²) in [6.07, 6.45) is 1.41. The van der Waals surface area contributed by atoms with Crippen LogP contribution in [0.2, 0.25) is 0 Å². The van der Waals surface area contributed by atoms with Crippen LogP contribution in [-0.2, 0) is 25.7 Å². The van der Waals surface area contributed by atoms with Gasteiger partial charge in [-0.15, -0.1) is 0 Å². The third kappa shape index (κ3) is 10.1. The molecule has 18 nitrogen and oxygen atoms in total. The lowest BCUT2D eigenvalue weighted by Crippen LogP contribution is -2.13. The zero-order valence-corrected chi connectivity index (χ0v) is 32.4. The van der Waals surface area contributed by atoms with E-state index in [9.17, 15) is 40.5 Å². The molecule has 0 saturated heterocycles. The molecule has 308 valence electrons. The Morgan fingerprint density at radius 1 is 0.431 bits per heavy atom. The molecular formula is C40H46N6O12. The molecular weight excluding hydrogens is 756 g/mol. The molecule has 0 aliphatic heterocycles. The van der Waals surface area contributed by atoms with Gasteiger partial charge in [0.1, 0.15) is 23.0 Å². The second-order valence-corrected chi connectivity index (χ2v) is 13.8. The summed E-state index contributed by atoms with van der Waals surface area (Å²) >= 11 is 0. The van der Waals surface area contributed by atoms with Crippen molar-refractivity contribution in [1.29, 1.82) is 0 Å². The van der Waals surface area contributed by atoms with Crippen LogP contribution in [0.15, 0.2) is 48.5 Å². The molecule has 8 bridgehead atoms. The number of benzene rings is 4. The summed E-state index contributed by atoms with van der Waals surface area (Å²) < 4.78 is 25.3. The highest BCUT2D eigenvalue weighted by Crippen LogP contribution is 2.43. The maximum atomic E-state index is 12.5. The molecule has 0 fully saturated rings. The number of nitro benzene ring substituents is 4. The van der Waals surface area contributed by atoms with Crippen LogP contribution in [-0.4, -0.2) is 59.2 Å². The van der Waals surface area contributed by atoms with E-state index < -0.39 is 19.7 Å². The van der Waals surface area contributed by atoms with Gasteiger partial charge >= 0.3 is 0 Å². The van der Waals surface area contributed by atoms with Crippen molar-refractivity contribution >= 4 is 22.7 Å². The normalized spacial score (nSPS) is 12.1.